The lowest BCUT2D eigenvalue weighted by atomic mass is 10.2. The highest BCUT2D eigenvalue weighted by Crippen LogP contribution is 2.29. The number of aryl methyl sites for hydroxylation is 1. The number of methoxy groups -OCH3 is 1. The van der Waals surface area contributed by atoms with Crippen molar-refractivity contribution in [3.05, 3.63) is 56.7 Å². The van der Waals surface area contributed by atoms with Crippen LogP contribution in [0.4, 0.5) is 11.4 Å². The number of nitrogen functional groups attached to an aromatic ring is 1. The van der Waals surface area contributed by atoms with Crippen molar-refractivity contribution in [2.45, 2.75) is 19.9 Å². The van der Waals surface area contributed by atoms with Crippen LogP contribution >= 0.6 is 22.9 Å². The van der Waals surface area contributed by atoms with Gasteiger partial charge in [-0.05, 0) is 50.2 Å². The Morgan fingerprint density at radius 3 is 2.71 bits per heavy atom. The second kappa shape index (κ2) is 8.04. The van der Waals surface area contributed by atoms with Crippen LogP contribution in [-0.4, -0.2) is 22.8 Å². The Labute approximate surface area is 170 Å². The van der Waals surface area contributed by atoms with Gasteiger partial charge >= 0.3 is 0 Å². The van der Waals surface area contributed by atoms with Gasteiger partial charge in [-0.3, -0.25) is 9.59 Å². The topological polar surface area (TPSA) is 99.2 Å². The lowest BCUT2D eigenvalue weighted by Gasteiger charge is -2.17. The number of nitrogens with zero attached hydrogens (tertiary/aromatic N) is 2. The molecule has 0 saturated heterocycles. The Morgan fingerprint density at radius 2 is 2.07 bits per heavy atom. The van der Waals surface area contributed by atoms with Crippen LogP contribution in [0.5, 0.6) is 5.75 Å². The first kappa shape index (κ1) is 19.9. The number of carbonyl (C=O) groups excluding carboxylic acids is 1. The van der Waals surface area contributed by atoms with E-state index in [9.17, 15) is 9.59 Å². The number of ether oxygens (including phenoxy) is 1. The Morgan fingerprint density at radius 1 is 1.32 bits per heavy atom. The van der Waals surface area contributed by atoms with Crippen molar-refractivity contribution >= 4 is 40.2 Å². The summed E-state index contributed by atoms with van der Waals surface area (Å²) in [5, 5.41) is 7.52. The maximum atomic E-state index is 12.8. The smallest absolute Gasteiger partial charge is 0.290 e. The summed E-state index contributed by atoms with van der Waals surface area (Å²) in [6.45, 7) is 3.55. The van der Waals surface area contributed by atoms with Gasteiger partial charge in [0.25, 0.3) is 5.56 Å². The number of nitrogens with one attached hydrogen (secondary N) is 1. The summed E-state index contributed by atoms with van der Waals surface area (Å²) in [5.41, 5.74) is 6.32. The normalized spacial score (nSPS) is 11.9. The fraction of sp³-hybridized carbons (Fsp3) is 0.211. The summed E-state index contributed by atoms with van der Waals surface area (Å²) < 4.78 is 6.32. The third kappa shape index (κ3) is 4.02. The fourth-order valence-electron chi connectivity index (χ4n) is 2.61. The largest absolute Gasteiger partial charge is 0.495 e. The van der Waals surface area contributed by atoms with Gasteiger partial charge in [0.05, 0.1) is 17.7 Å². The van der Waals surface area contributed by atoms with Crippen LogP contribution in [0.15, 0.2) is 41.2 Å². The number of hydrogen-bond donors (Lipinski definition) is 2. The van der Waals surface area contributed by atoms with Crippen LogP contribution in [0, 0.1) is 6.92 Å². The predicted octanol–water partition coefficient (Wildman–Crippen LogP) is 3.72. The van der Waals surface area contributed by atoms with E-state index >= 15 is 0 Å². The third-order valence-electron chi connectivity index (χ3n) is 4.12. The van der Waals surface area contributed by atoms with Gasteiger partial charge in [-0.25, -0.2) is 4.68 Å². The lowest BCUT2D eigenvalue weighted by molar-refractivity contribution is -0.119. The summed E-state index contributed by atoms with van der Waals surface area (Å²) in [4.78, 5) is 27.2. The van der Waals surface area contributed by atoms with Crippen LogP contribution in [-0.2, 0) is 4.79 Å². The average molecular weight is 419 g/mol. The SMILES string of the molecule is COc1ccc(Cl)cc1NC(=O)[C@H](C)n1nc(-c2ccc(C)s2)cc(N)c1=O. The minimum absolute atomic E-state index is 0.0241. The Hall–Kier alpha value is -2.84. The maximum Gasteiger partial charge on any atom is 0.290 e. The van der Waals surface area contributed by atoms with E-state index in [1.807, 2.05) is 19.1 Å². The molecule has 0 aliphatic carbocycles. The molecule has 146 valence electrons. The molecule has 2 heterocycles. The number of anilines is 2. The van der Waals surface area contributed by atoms with E-state index in [2.05, 4.69) is 10.4 Å². The molecular weight excluding hydrogens is 400 g/mol. The standard InChI is InChI=1S/C19H19ClN4O3S/c1-10-4-7-17(28-10)15-9-13(21)19(26)24(23-15)11(2)18(25)22-14-8-12(20)5-6-16(14)27-3/h4-9,11H,21H2,1-3H3,(H,22,25)/t11-/m0/s1. The van der Waals surface area contributed by atoms with E-state index in [0.29, 0.717) is 22.2 Å². The zero-order valence-corrected chi connectivity index (χ0v) is 17.1. The Balaban J connectivity index is 1.94. The van der Waals surface area contributed by atoms with Gasteiger partial charge in [0.15, 0.2) is 0 Å². The first-order valence-corrected chi connectivity index (χ1v) is 9.60. The first-order chi connectivity index (χ1) is 13.3. The highest BCUT2D eigenvalue weighted by atomic mass is 35.5. The maximum absolute atomic E-state index is 12.8. The molecule has 0 fully saturated rings. The molecule has 1 atom stereocenters. The van der Waals surface area contributed by atoms with Crippen molar-refractivity contribution in [2.75, 3.05) is 18.2 Å². The van der Waals surface area contributed by atoms with E-state index < -0.39 is 17.5 Å². The molecule has 0 spiro atoms. The molecule has 7 nitrogen and oxygen atoms in total. The van der Waals surface area contributed by atoms with Gasteiger partial charge < -0.3 is 15.8 Å². The van der Waals surface area contributed by atoms with Gasteiger partial charge in [-0.2, -0.15) is 5.10 Å². The number of halogens is 1. The van der Waals surface area contributed by atoms with E-state index in [1.165, 1.54) is 24.5 Å². The monoisotopic (exact) mass is 418 g/mol. The molecule has 0 radical (unpaired) electrons. The minimum Gasteiger partial charge on any atom is -0.495 e. The highest BCUT2D eigenvalue weighted by molar-refractivity contribution is 7.15. The molecule has 3 aromatic rings. The van der Waals surface area contributed by atoms with Crippen molar-refractivity contribution in [2.24, 2.45) is 0 Å². The van der Waals surface area contributed by atoms with Gasteiger partial charge in [0.2, 0.25) is 5.91 Å². The highest BCUT2D eigenvalue weighted by Gasteiger charge is 2.21. The number of nitrogens with two attached hydrogens (primary N) is 1. The summed E-state index contributed by atoms with van der Waals surface area (Å²) in [5.74, 6) is 0.00154. The zero-order chi connectivity index (χ0) is 20.4. The van der Waals surface area contributed by atoms with Crippen LogP contribution in [0.25, 0.3) is 10.6 Å². The number of carbonyl (C=O) groups is 1. The number of hydrogen-bond acceptors (Lipinski definition) is 6. The van der Waals surface area contributed by atoms with E-state index in [-0.39, 0.29) is 5.69 Å². The Kier molecular flexibility index (Phi) is 5.71. The summed E-state index contributed by atoms with van der Waals surface area (Å²) in [6.07, 6.45) is 0. The molecule has 0 saturated carbocycles. The second-order valence-electron chi connectivity index (χ2n) is 6.15. The number of thiophene rings is 1. The average Bonchev–Trinajstić information content (AvgIpc) is 3.10. The molecule has 2 aromatic heterocycles. The molecule has 9 heteroatoms. The predicted molar refractivity (Wildman–Crippen MR) is 112 cm³/mol. The molecule has 1 aromatic carbocycles. The second-order valence-corrected chi connectivity index (χ2v) is 7.88. The summed E-state index contributed by atoms with van der Waals surface area (Å²) >= 11 is 7.53. The molecule has 0 bridgehead atoms. The number of benzene rings is 1. The van der Waals surface area contributed by atoms with Crippen LogP contribution < -0.4 is 21.3 Å². The summed E-state index contributed by atoms with van der Waals surface area (Å²) in [6, 6.07) is 9.34. The van der Waals surface area contributed by atoms with Crippen LogP contribution in [0.3, 0.4) is 0 Å². The van der Waals surface area contributed by atoms with Gasteiger partial charge in [-0.1, -0.05) is 11.6 Å². The lowest BCUT2D eigenvalue weighted by Crippen LogP contribution is -2.34. The van der Waals surface area contributed by atoms with Crippen molar-refractivity contribution in [1.82, 2.24) is 9.78 Å². The summed E-state index contributed by atoms with van der Waals surface area (Å²) in [7, 11) is 1.49. The molecule has 1 amide bonds. The van der Waals surface area contributed by atoms with E-state index in [0.717, 1.165) is 14.4 Å². The minimum atomic E-state index is -0.903. The van der Waals surface area contributed by atoms with Crippen molar-refractivity contribution < 1.29 is 9.53 Å². The number of amides is 1. The molecule has 0 aliphatic heterocycles. The van der Waals surface area contributed by atoms with Crippen LogP contribution in [0.1, 0.15) is 17.8 Å². The molecule has 3 N–H and O–H groups in total. The number of rotatable bonds is 5. The zero-order valence-electron chi connectivity index (χ0n) is 15.5. The Bertz CT molecular complexity index is 1090. The van der Waals surface area contributed by atoms with Gasteiger partial charge in [0, 0.05) is 9.90 Å². The van der Waals surface area contributed by atoms with Crippen molar-refractivity contribution in [3.63, 3.8) is 0 Å². The van der Waals surface area contributed by atoms with Gasteiger partial charge in [0.1, 0.15) is 23.2 Å². The third-order valence-corrected chi connectivity index (χ3v) is 5.38. The molecule has 28 heavy (non-hydrogen) atoms. The fourth-order valence-corrected chi connectivity index (χ4v) is 3.61. The molecule has 0 aliphatic rings. The molecule has 3 rings (SSSR count). The quantitative estimate of drug-likeness (QED) is 0.657. The molecule has 0 unspecified atom stereocenters. The van der Waals surface area contributed by atoms with Gasteiger partial charge in [-0.15, -0.1) is 11.3 Å². The number of aromatic nitrogens is 2. The van der Waals surface area contributed by atoms with E-state index in [4.69, 9.17) is 22.1 Å². The van der Waals surface area contributed by atoms with E-state index in [1.54, 1.807) is 25.1 Å². The van der Waals surface area contributed by atoms with Crippen molar-refractivity contribution in [3.8, 4) is 16.3 Å². The van der Waals surface area contributed by atoms with Crippen molar-refractivity contribution in [1.29, 1.82) is 0 Å². The van der Waals surface area contributed by atoms with Crippen LogP contribution in [0.2, 0.25) is 5.02 Å². The first-order valence-electron chi connectivity index (χ1n) is 8.40. The molecular formula is C19H19ClN4O3S.